The zero-order valence-electron chi connectivity index (χ0n) is 23.8. The summed E-state index contributed by atoms with van der Waals surface area (Å²) < 4.78 is 33.7. The zero-order valence-corrected chi connectivity index (χ0v) is 24.7. The number of ether oxygens (including phenoxy) is 1. The van der Waals surface area contributed by atoms with Crippen LogP contribution in [-0.4, -0.2) is 94.4 Å². The Hall–Kier alpha value is -3.31. The Morgan fingerprint density at radius 1 is 1.02 bits per heavy atom. The van der Waals surface area contributed by atoms with E-state index in [2.05, 4.69) is 14.9 Å². The molecule has 3 rings (SSSR count). The first-order valence-electron chi connectivity index (χ1n) is 13.8. The Balaban J connectivity index is 1.54. The summed E-state index contributed by atoms with van der Waals surface area (Å²) in [5.41, 5.74) is 1.54. The highest BCUT2D eigenvalue weighted by atomic mass is 32.2. The van der Waals surface area contributed by atoms with Crippen molar-refractivity contribution >= 4 is 27.6 Å². The second-order valence-electron chi connectivity index (χ2n) is 10.4. The summed E-state index contributed by atoms with van der Waals surface area (Å²) in [4.78, 5) is 31.1. The first-order chi connectivity index (χ1) is 19.1. The number of carbonyl (C=O) groups excluding carboxylic acids is 2. The molecular formula is C29H43N5O5S. The molecular weight excluding hydrogens is 530 g/mol. The molecule has 2 aromatic carbocycles. The van der Waals surface area contributed by atoms with Gasteiger partial charge in [-0.15, -0.1) is 0 Å². The predicted molar refractivity (Wildman–Crippen MR) is 158 cm³/mol. The lowest BCUT2D eigenvalue weighted by atomic mass is 10.0. The minimum atomic E-state index is -3.82. The summed E-state index contributed by atoms with van der Waals surface area (Å²) in [7, 11) is -0.238. The van der Waals surface area contributed by atoms with Crippen molar-refractivity contribution in [1.29, 1.82) is 0 Å². The van der Waals surface area contributed by atoms with E-state index in [1.54, 1.807) is 31.4 Å². The quantitative estimate of drug-likeness (QED) is 0.359. The summed E-state index contributed by atoms with van der Waals surface area (Å²) >= 11 is 0. The Morgan fingerprint density at radius 3 is 2.35 bits per heavy atom. The van der Waals surface area contributed by atoms with Gasteiger partial charge >= 0.3 is 6.03 Å². The topological polar surface area (TPSA) is 111 Å². The third kappa shape index (κ3) is 10.7. The predicted octanol–water partition coefficient (Wildman–Crippen LogP) is 3.23. The molecule has 40 heavy (non-hydrogen) atoms. The lowest BCUT2D eigenvalue weighted by Gasteiger charge is -2.32. The molecule has 2 N–H and O–H groups in total. The van der Waals surface area contributed by atoms with Gasteiger partial charge in [-0.25, -0.2) is 13.2 Å². The van der Waals surface area contributed by atoms with E-state index < -0.39 is 15.9 Å². The molecule has 0 aromatic heterocycles. The minimum Gasteiger partial charge on any atom is -0.497 e. The summed E-state index contributed by atoms with van der Waals surface area (Å²) in [6.07, 6.45) is 2.13. The number of rotatable bonds is 14. The van der Waals surface area contributed by atoms with Crippen molar-refractivity contribution < 1.29 is 22.7 Å². The normalized spacial score (nSPS) is 14.8. The van der Waals surface area contributed by atoms with Crippen LogP contribution in [0, 0.1) is 5.92 Å². The van der Waals surface area contributed by atoms with E-state index in [-0.39, 0.29) is 24.3 Å². The molecule has 3 amide bonds. The molecule has 1 aliphatic rings. The number of piperazine rings is 1. The molecule has 10 nitrogen and oxygen atoms in total. The van der Waals surface area contributed by atoms with E-state index in [1.165, 1.54) is 4.90 Å². The molecule has 220 valence electrons. The van der Waals surface area contributed by atoms with E-state index in [4.69, 9.17) is 4.74 Å². The van der Waals surface area contributed by atoms with Gasteiger partial charge in [-0.05, 0) is 62.1 Å². The monoisotopic (exact) mass is 573 g/mol. The summed E-state index contributed by atoms with van der Waals surface area (Å²) in [6, 6.07) is 16.4. The van der Waals surface area contributed by atoms with Crippen LogP contribution in [0.5, 0.6) is 5.75 Å². The molecule has 0 bridgehead atoms. The molecule has 1 aliphatic heterocycles. The molecule has 1 heterocycles. The van der Waals surface area contributed by atoms with Gasteiger partial charge in [0.2, 0.25) is 5.91 Å². The van der Waals surface area contributed by atoms with Crippen molar-refractivity contribution in [2.24, 2.45) is 5.92 Å². The highest BCUT2D eigenvalue weighted by Gasteiger charge is 2.23. The molecule has 0 radical (unpaired) electrons. The number of nitrogens with one attached hydrogen (secondary N) is 2. The highest BCUT2D eigenvalue weighted by molar-refractivity contribution is 7.92. The molecule has 1 atom stereocenters. The number of aryl methyl sites for hydroxylation is 1. The number of hydrogen-bond donors (Lipinski definition) is 2. The summed E-state index contributed by atoms with van der Waals surface area (Å²) in [5.74, 6) is 0.0433. The number of benzene rings is 2. The van der Waals surface area contributed by atoms with Gasteiger partial charge in [0.05, 0.1) is 7.11 Å². The average Bonchev–Trinajstić information content (AvgIpc) is 2.95. The van der Waals surface area contributed by atoms with Crippen molar-refractivity contribution in [3.8, 4) is 5.75 Å². The van der Waals surface area contributed by atoms with Gasteiger partial charge < -0.3 is 24.8 Å². The van der Waals surface area contributed by atoms with Crippen molar-refractivity contribution in [1.82, 2.24) is 20.0 Å². The molecule has 1 saturated heterocycles. The fourth-order valence-corrected chi connectivity index (χ4v) is 5.71. The van der Waals surface area contributed by atoms with Crippen LogP contribution < -0.4 is 14.8 Å². The van der Waals surface area contributed by atoms with Gasteiger partial charge in [-0.3, -0.25) is 9.52 Å². The van der Waals surface area contributed by atoms with E-state index in [9.17, 15) is 18.0 Å². The van der Waals surface area contributed by atoms with Crippen molar-refractivity contribution in [3.63, 3.8) is 0 Å². The number of carbonyl (C=O) groups is 2. The number of sulfonamides is 1. The van der Waals surface area contributed by atoms with Crippen LogP contribution in [0.3, 0.4) is 0 Å². The highest BCUT2D eigenvalue weighted by Crippen LogP contribution is 2.17. The van der Waals surface area contributed by atoms with Crippen LogP contribution in [0.1, 0.15) is 31.7 Å². The van der Waals surface area contributed by atoms with Crippen LogP contribution in [0.2, 0.25) is 0 Å². The van der Waals surface area contributed by atoms with Gasteiger partial charge in [0.15, 0.2) is 0 Å². The number of methoxy groups -OCH3 is 1. The minimum absolute atomic E-state index is 0.0700. The lowest BCUT2D eigenvalue weighted by molar-refractivity contribution is -0.130. The van der Waals surface area contributed by atoms with Crippen LogP contribution in [0.4, 0.5) is 10.5 Å². The second-order valence-corrected chi connectivity index (χ2v) is 12.1. The summed E-state index contributed by atoms with van der Waals surface area (Å²) in [6.45, 7) is 5.88. The molecule has 0 spiro atoms. The Labute approximate surface area is 238 Å². The van der Waals surface area contributed by atoms with Gasteiger partial charge in [-0.1, -0.05) is 37.3 Å². The second kappa shape index (κ2) is 15.5. The number of anilines is 1. The number of likely N-dealkylation sites (N-methyl/N-ethyl adjacent to an activating group) is 1. The third-order valence-corrected chi connectivity index (χ3v) is 8.22. The van der Waals surface area contributed by atoms with Gasteiger partial charge in [0.25, 0.3) is 10.0 Å². The molecule has 0 aliphatic carbocycles. The fourth-order valence-electron chi connectivity index (χ4n) is 4.47. The maximum atomic E-state index is 13.2. The van der Waals surface area contributed by atoms with Crippen molar-refractivity contribution in [2.75, 3.05) is 64.0 Å². The number of amides is 3. The van der Waals surface area contributed by atoms with E-state index in [0.717, 1.165) is 25.1 Å². The Bertz CT molecular complexity index is 1170. The van der Waals surface area contributed by atoms with Crippen molar-refractivity contribution in [2.45, 2.75) is 32.6 Å². The van der Waals surface area contributed by atoms with Crippen LogP contribution in [0.25, 0.3) is 0 Å². The number of urea groups is 1. The molecule has 2 aromatic rings. The van der Waals surface area contributed by atoms with E-state index >= 15 is 0 Å². The van der Waals surface area contributed by atoms with Gasteiger partial charge in [0, 0.05) is 51.4 Å². The Kier molecular flexibility index (Phi) is 12.1. The summed E-state index contributed by atoms with van der Waals surface area (Å²) in [5, 5.41) is 2.97. The van der Waals surface area contributed by atoms with E-state index in [1.807, 2.05) is 49.2 Å². The largest absolute Gasteiger partial charge is 0.497 e. The average molecular weight is 574 g/mol. The first kappa shape index (κ1) is 31.2. The standard InChI is InChI=1S/C29H43N5O5S/c1-24(22-30-29(36)33-20-18-32(2)19-21-33)11-16-28(35)34(17-7-10-25-8-5-4-6-9-25)23-40(37,38)31-26-12-14-27(39-3)15-13-26/h4-6,8-9,12-15,24,31H,7,10-11,16-23H2,1-3H3,(H,30,36). The van der Waals surface area contributed by atoms with Crippen LogP contribution in [0.15, 0.2) is 54.6 Å². The SMILES string of the molecule is COc1ccc(NS(=O)(=O)CN(CCCc2ccccc2)C(=O)CCC(C)CNC(=O)N2CCN(C)CC2)cc1. The molecule has 0 saturated carbocycles. The third-order valence-electron chi connectivity index (χ3n) is 7.02. The lowest BCUT2D eigenvalue weighted by Crippen LogP contribution is -2.51. The zero-order chi connectivity index (χ0) is 29.0. The fraction of sp³-hybridized carbons (Fsp3) is 0.517. The molecule has 1 fully saturated rings. The van der Waals surface area contributed by atoms with Crippen LogP contribution in [-0.2, 0) is 21.2 Å². The van der Waals surface area contributed by atoms with E-state index in [0.29, 0.717) is 50.5 Å². The maximum Gasteiger partial charge on any atom is 0.317 e. The molecule has 11 heteroatoms. The smallest absolute Gasteiger partial charge is 0.317 e. The van der Waals surface area contributed by atoms with Crippen LogP contribution >= 0.6 is 0 Å². The number of nitrogens with zero attached hydrogens (tertiary/aromatic N) is 3. The Morgan fingerprint density at radius 2 is 1.70 bits per heavy atom. The van der Waals surface area contributed by atoms with Crippen molar-refractivity contribution in [3.05, 3.63) is 60.2 Å². The van der Waals surface area contributed by atoms with Gasteiger partial charge in [-0.2, -0.15) is 0 Å². The maximum absolute atomic E-state index is 13.2. The number of hydrogen-bond acceptors (Lipinski definition) is 6. The first-order valence-corrected chi connectivity index (χ1v) is 15.5. The molecule has 1 unspecified atom stereocenters. The van der Waals surface area contributed by atoms with Gasteiger partial charge in [0.1, 0.15) is 11.6 Å².